The van der Waals surface area contributed by atoms with Gasteiger partial charge in [-0.25, -0.2) is 4.98 Å². The van der Waals surface area contributed by atoms with Crippen LogP contribution in [0.1, 0.15) is 53.4 Å². The number of thiophene rings is 1. The van der Waals surface area contributed by atoms with E-state index in [-0.39, 0.29) is 17.8 Å². The lowest BCUT2D eigenvalue weighted by atomic mass is 9.96. The lowest BCUT2D eigenvalue weighted by Gasteiger charge is -2.35. The molecule has 1 fully saturated rings. The van der Waals surface area contributed by atoms with Gasteiger partial charge in [-0.3, -0.25) is 4.79 Å². The molecule has 1 aliphatic rings. The van der Waals surface area contributed by atoms with Gasteiger partial charge in [-0.2, -0.15) is 5.26 Å². The maximum Gasteiger partial charge on any atom is 0.266 e. The number of fused-ring (bicyclic) bond motifs is 1. The average molecular weight is 420 g/mol. The minimum absolute atomic E-state index is 0.0472. The fraction of sp³-hybridized carbons (Fsp3) is 0.348. The van der Waals surface area contributed by atoms with Crippen LogP contribution in [0.2, 0.25) is 0 Å². The average Bonchev–Trinajstić information content (AvgIpc) is 3.08. The third-order valence-corrected chi connectivity index (χ3v) is 7.00. The van der Waals surface area contributed by atoms with E-state index in [2.05, 4.69) is 18.0 Å². The Labute approximate surface area is 180 Å². The Morgan fingerprint density at radius 1 is 1.30 bits per heavy atom. The summed E-state index contributed by atoms with van der Waals surface area (Å²) in [5, 5.41) is 10.4. The van der Waals surface area contributed by atoms with Crippen molar-refractivity contribution >= 4 is 39.0 Å². The summed E-state index contributed by atoms with van der Waals surface area (Å²) in [4.78, 5) is 20.9. The van der Waals surface area contributed by atoms with Crippen LogP contribution in [0.15, 0.2) is 24.3 Å². The van der Waals surface area contributed by atoms with Gasteiger partial charge in [-0.1, -0.05) is 36.8 Å². The molecule has 0 radical (unpaired) electrons. The van der Waals surface area contributed by atoms with Gasteiger partial charge in [0.15, 0.2) is 0 Å². The molecule has 3 aromatic rings. The van der Waals surface area contributed by atoms with Gasteiger partial charge >= 0.3 is 0 Å². The first kappa shape index (κ1) is 20.2. The molecule has 1 amide bonds. The smallest absolute Gasteiger partial charge is 0.266 e. The minimum atomic E-state index is -0.0472. The second-order valence-corrected chi connectivity index (χ2v) is 8.81. The standard InChI is InChI=1S/C23H25N5OS/c1-3-15-6-4-5-11-28(15)23(29)20-19(25)18-17(14-9-7-13(2)8-10-14)16(12-24)21(26)27-22(18)30-20/h7-10,15H,3-6,11,25H2,1-2H3,(H2,26,27). The van der Waals surface area contributed by atoms with Crippen LogP contribution >= 0.6 is 11.3 Å². The molecule has 1 atom stereocenters. The summed E-state index contributed by atoms with van der Waals surface area (Å²) in [5.74, 6) is 0.110. The van der Waals surface area contributed by atoms with Crippen molar-refractivity contribution in [3.05, 3.63) is 40.3 Å². The van der Waals surface area contributed by atoms with E-state index in [4.69, 9.17) is 11.5 Å². The van der Waals surface area contributed by atoms with Crippen molar-refractivity contribution in [3.8, 4) is 17.2 Å². The van der Waals surface area contributed by atoms with Crippen molar-refractivity contribution in [2.75, 3.05) is 18.0 Å². The Morgan fingerprint density at radius 2 is 2.03 bits per heavy atom. The molecule has 154 valence electrons. The Bertz CT molecular complexity index is 1160. The summed E-state index contributed by atoms with van der Waals surface area (Å²) >= 11 is 1.27. The van der Waals surface area contributed by atoms with E-state index in [9.17, 15) is 10.1 Å². The summed E-state index contributed by atoms with van der Waals surface area (Å²) in [5.41, 5.74) is 16.0. The monoisotopic (exact) mass is 419 g/mol. The largest absolute Gasteiger partial charge is 0.397 e. The molecule has 1 saturated heterocycles. The number of carbonyl (C=O) groups excluding carboxylic acids is 1. The van der Waals surface area contributed by atoms with E-state index in [1.54, 1.807) is 0 Å². The normalized spacial score (nSPS) is 16.6. The second kappa shape index (κ2) is 7.96. The first-order valence-electron chi connectivity index (χ1n) is 10.3. The minimum Gasteiger partial charge on any atom is -0.397 e. The van der Waals surface area contributed by atoms with Crippen molar-refractivity contribution < 1.29 is 4.79 Å². The first-order chi connectivity index (χ1) is 14.5. The number of nitrogens with two attached hydrogens (primary N) is 2. The fourth-order valence-corrected chi connectivity index (χ4v) is 5.34. The zero-order valence-corrected chi connectivity index (χ0v) is 18.1. The molecule has 1 aliphatic heterocycles. The summed E-state index contributed by atoms with van der Waals surface area (Å²) in [6, 6.07) is 10.3. The highest BCUT2D eigenvalue weighted by molar-refractivity contribution is 7.21. The highest BCUT2D eigenvalue weighted by atomic mass is 32.1. The van der Waals surface area contributed by atoms with Gasteiger partial charge in [0.25, 0.3) is 5.91 Å². The van der Waals surface area contributed by atoms with E-state index in [0.29, 0.717) is 31.9 Å². The molecule has 2 aromatic heterocycles. The summed E-state index contributed by atoms with van der Waals surface area (Å²) in [6.07, 6.45) is 4.09. The van der Waals surface area contributed by atoms with Crippen molar-refractivity contribution in [3.63, 3.8) is 0 Å². The van der Waals surface area contributed by atoms with Crippen molar-refractivity contribution in [2.45, 2.75) is 45.6 Å². The number of aromatic nitrogens is 1. The molecule has 0 saturated carbocycles. The van der Waals surface area contributed by atoms with Crippen molar-refractivity contribution in [1.29, 1.82) is 5.26 Å². The predicted molar refractivity (Wildman–Crippen MR) is 122 cm³/mol. The van der Waals surface area contributed by atoms with Gasteiger partial charge in [-0.15, -0.1) is 11.3 Å². The summed E-state index contributed by atoms with van der Waals surface area (Å²) in [7, 11) is 0. The lowest BCUT2D eigenvalue weighted by molar-refractivity contribution is 0.0614. The number of amides is 1. The molecule has 0 spiro atoms. The summed E-state index contributed by atoms with van der Waals surface area (Å²) < 4.78 is 0. The molecule has 7 heteroatoms. The van der Waals surface area contributed by atoms with Crippen LogP contribution in [0.4, 0.5) is 11.5 Å². The molecule has 30 heavy (non-hydrogen) atoms. The fourth-order valence-electron chi connectivity index (χ4n) is 4.27. The molecule has 6 nitrogen and oxygen atoms in total. The molecule has 4 N–H and O–H groups in total. The van der Waals surface area contributed by atoms with Crippen LogP contribution in [0.25, 0.3) is 21.3 Å². The number of likely N-dealkylation sites (tertiary alicyclic amines) is 1. The zero-order chi connectivity index (χ0) is 21.4. The van der Waals surface area contributed by atoms with Crippen molar-refractivity contribution in [1.82, 2.24) is 9.88 Å². The Hall–Kier alpha value is -3.11. The number of carbonyl (C=O) groups is 1. The Balaban J connectivity index is 1.92. The zero-order valence-electron chi connectivity index (χ0n) is 17.2. The predicted octanol–water partition coefficient (Wildman–Crippen LogP) is 4.71. The number of nitrogens with zero attached hydrogens (tertiary/aromatic N) is 3. The van der Waals surface area contributed by atoms with Crippen LogP contribution in [0.5, 0.6) is 0 Å². The summed E-state index contributed by atoms with van der Waals surface area (Å²) in [6.45, 7) is 4.86. The maximum absolute atomic E-state index is 13.4. The van der Waals surface area contributed by atoms with Gasteiger partial charge in [0.05, 0.1) is 5.69 Å². The topological polar surface area (TPSA) is 109 Å². The number of benzene rings is 1. The van der Waals surface area contributed by atoms with E-state index in [1.165, 1.54) is 11.3 Å². The third kappa shape index (κ3) is 3.27. The first-order valence-corrected chi connectivity index (χ1v) is 11.1. The molecular weight excluding hydrogens is 394 g/mol. The number of piperidine rings is 1. The highest BCUT2D eigenvalue weighted by Gasteiger charge is 2.31. The number of rotatable bonds is 3. The molecule has 3 heterocycles. The van der Waals surface area contributed by atoms with Crippen LogP contribution in [-0.4, -0.2) is 28.4 Å². The molecule has 1 aromatic carbocycles. The van der Waals surface area contributed by atoms with E-state index >= 15 is 0 Å². The molecular formula is C23H25N5OS. The van der Waals surface area contributed by atoms with Gasteiger partial charge in [0.2, 0.25) is 0 Å². The number of pyridine rings is 1. The number of nitrogen functional groups attached to an aromatic ring is 2. The highest BCUT2D eigenvalue weighted by Crippen LogP contribution is 2.43. The third-order valence-electron chi connectivity index (χ3n) is 5.91. The number of hydrogen-bond donors (Lipinski definition) is 2. The van der Waals surface area contributed by atoms with Crippen molar-refractivity contribution in [2.24, 2.45) is 0 Å². The molecule has 0 bridgehead atoms. The van der Waals surface area contributed by atoms with Gasteiger partial charge in [0, 0.05) is 23.5 Å². The Kier molecular flexibility index (Phi) is 5.35. The van der Waals surface area contributed by atoms with Crippen LogP contribution in [0, 0.1) is 18.3 Å². The van der Waals surface area contributed by atoms with Gasteiger partial charge < -0.3 is 16.4 Å². The molecule has 4 rings (SSSR count). The van der Waals surface area contributed by atoms with E-state index < -0.39 is 0 Å². The lowest BCUT2D eigenvalue weighted by Crippen LogP contribution is -2.43. The number of hydrogen-bond acceptors (Lipinski definition) is 6. The SMILES string of the molecule is CCC1CCCCN1C(=O)c1sc2nc(N)c(C#N)c(-c3ccc(C)cc3)c2c1N. The molecule has 1 unspecified atom stereocenters. The van der Waals surface area contributed by atoms with Gasteiger partial charge in [0.1, 0.15) is 27.2 Å². The molecule has 0 aliphatic carbocycles. The number of aryl methyl sites for hydroxylation is 1. The van der Waals surface area contributed by atoms with Crippen LogP contribution < -0.4 is 11.5 Å². The van der Waals surface area contributed by atoms with Gasteiger partial charge in [-0.05, 0) is 38.2 Å². The number of nitriles is 1. The maximum atomic E-state index is 13.4. The number of anilines is 2. The quantitative estimate of drug-likeness (QED) is 0.639. The van der Waals surface area contributed by atoms with E-state index in [0.717, 1.165) is 43.4 Å². The van der Waals surface area contributed by atoms with Crippen LogP contribution in [0.3, 0.4) is 0 Å². The Morgan fingerprint density at radius 3 is 2.70 bits per heavy atom. The second-order valence-electron chi connectivity index (χ2n) is 7.81. The van der Waals surface area contributed by atoms with Crippen LogP contribution in [-0.2, 0) is 0 Å². The van der Waals surface area contributed by atoms with E-state index in [1.807, 2.05) is 36.1 Å².